The van der Waals surface area contributed by atoms with Crippen molar-refractivity contribution in [2.75, 3.05) is 12.0 Å². The van der Waals surface area contributed by atoms with Crippen LogP contribution in [0.25, 0.3) is 0 Å². The third kappa shape index (κ3) is 1.78. The maximum atomic E-state index is 12.9. The molecule has 4 nitrogen and oxygen atoms in total. The third-order valence-electron chi connectivity index (χ3n) is 5.32. The summed E-state index contributed by atoms with van der Waals surface area (Å²) >= 11 is 0. The second-order valence-corrected chi connectivity index (χ2v) is 6.65. The van der Waals surface area contributed by atoms with E-state index in [9.17, 15) is 9.59 Å². The zero-order valence-electron chi connectivity index (χ0n) is 13.4. The number of imide groups is 1. The molecular weight excluding hydrogens is 290 g/mol. The number of methoxy groups -OCH3 is 1. The first-order valence-electron chi connectivity index (χ1n) is 7.92. The molecule has 4 heteroatoms. The van der Waals surface area contributed by atoms with Crippen LogP contribution in [0.15, 0.2) is 47.6 Å². The van der Waals surface area contributed by atoms with Gasteiger partial charge in [0.05, 0.1) is 24.6 Å². The van der Waals surface area contributed by atoms with E-state index in [0.29, 0.717) is 11.4 Å². The standard InChI is InChI=1S/C19H19NO3/c1-10(2)15-13-8-9-14(15)17-16(13)18(21)20(19(17)22)11-4-6-12(23-3)7-5-11/h4-9,13-14,16-17H,1-3H3/t13-,14-,16-,17-/m0/s1. The monoisotopic (exact) mass is 309 g/mol. The first-order valence-corrected chi connectivity index (χ1v) is 7.92. The van der Waals surface area contributed by atoms with Crippen LogP contribution in [0.3, 0.4) is 0 Å². The number of ether oxygens (including phenoxy) is 1. The van der Waals surface area contributed by atoms with Gasteiger partial charge in [-0.3, -0.25) is 9.59 Å². The van der Waals surface area contributed by atoms with Crippen LogP contribution in [0.2, 0.25) is 0 Å². The molecule has 2 fully saturated rings. The number of benzene rings is 1. The van der Waals surface area contributed by atoms with E-state index in [0.717, 1.165) is 0 Å². The molecule has 23 heavy (non-hydrogen) atoms. The fraction of sp³-hybridized carbons (Fsp3) is 0.368. The smallest absolute Gasteiger partial charge is 0.238 e. The fourth-order valence-electron chi connectivity index (χ4n) is 4.42. The number of rotatable bonds is 2. The van der Waals surface area contributed by atoms with Crippen LogP contribution < -0.4 is 9.64 Å². The molecule has 4 atom stereocenters. The number of nitrogens with zero attached hydrogens (tertiary/aromatic N) is 1. The van der Waals surface area contributed by atoms with Crippen LogP contribution in [0.1, 0.15) is 13.8 Å². The average Bonchev–Trinajstić information content (AvgIpc) is 3.18. The molecule has 1 aliphatic heterocycles. The molecule has 0 aromatic heterocycles. The highest BCUT2D eigenvalue weighted by molar-refractivity contribution is 6.23. The van der Waals surface area contributed by atoms with E-state index in [-0.39, 0.29) is 35.5 Å². The zero-order chi connectivity index (χ0) is 16.3. The van der Waals surface area contributed by atoms with E-state index in [2.05, 4.69) is 26.0 Å². The fourth-order valence-corrected chi connectivity index (χ4v) is 4.42. The Bertz CT molecular complexity index is 721. The lowest BCUT2D eigenvalue weighted by Gasteiger charge is -2.19. The average molecular weight is 309 g/mol. The molecule has 118 valence electrons. The van der Waals surface area contributed by atoms with Crippen LogP contribution in [-0.2, 0) is 9.59 Å². The van der Waals surface area contributed by atoms with Crippen molar-refractivity contribution in [3.8, 4) is 5.75 Å². The first kappa shape index (κ1) is 14.2. The number of hydrogen-bond acceptors (Lipinski definition) is 3. The van der Waals surface area contributed by atoms with E-state index in [4.69, 9.17) is 4.74 Å². The van der Waals surface area contributed by atoms with Crippen molar-refractivity contribution in [3.63, 3.8) is 0 Å². The van der Waals surface area contributed by atoms with Crippen molar-refractivity contribution >= 4 is 17.5 Å². The Hall–Kier alpha value is -2.36. The van der Waals surface area contributed by atoms with Gasteiger partial charge in [-0.15, -0.1) is 0 Å². The van der Waals surface area contributed by atoms with E-state index in [1.165, 1.54) is 16.0 Å². The summed E-state index contributed by atoms with van der Waals surface area (Å²) in [5, 5.41) is 0. The first-order chi connectivity index (χ1) is 11.0. The molecule has 1 heterocycles. The van der Waals surface area contributed by atoms with Crippen LogP contribution >= 0.6 is 0 Å². The summed E-state index contributed by atoms with van der Waals surface area (Å²) in [5.74, 6) is 0.293. The maximum absolute atomic E-state index is 12.9. The third-order valence-corrected chi connectivity index (χ3v) is 5.32. The molecular formula is C19H19NO3. The Balaban J connectivity index is 1.72. The topological polar surface area (TPSA) is 46.6 Å². The Morgan fingerprint density at radius 2 is 1.48 bits per heavy atom. The molecule has 1 aromatic rings. The Morgan fingerprint density at radius 3 is 1.91 bits per heavy atom. The zero-order valence-corrected chi connectivity index (χ0v) is 13.4. The molecule has 2 aliphatic carbocycles. The van der Waals surface area contributed by atoms with Gasteiger partial charge < -0.3 is 4.74 Å². The molecule has 2 amide bonds. The summed E-state index contributed by atoms with van der Waals surface area (Å²) in [6.45, 7) is 4.14. The minimum Gasteiger partial charge on any atom is -0.497 e. The minimum absolute atomic E-state index is 0.0687. The molecule has 0 spiro atoms. The van der Waals surface area contributed by atoms with Crippen LogP contribution in [0, 0.1) is 23.7 Å². The molecule has 0 N–H and O–H groups in total. The number of carbonyl (C=O) groups is 2. The van der Waals surface area contributed by atoms with E-state index in [1.807, 2.05) is 0 Å². The Morgan fingerprint density at radius 1 is 0.957 bits per heavy atom. The van der Waals surface area contributed by atoms with Crippen molar-refractivity contribution < 1.29 is 14.3 Å². The SMILES string of the molecule is COc1ccc(N2C(=O)[C@@H]3[C@@H](C2=O)[C@H]2C=C[C@H]3C2=C(C)C)cc1. The van der Waals surface area contributed by atoms with E-state index in [1.54, 1.807) is 31.4 Å². The van der Waals surface area contributed by atoms with Gasteiger partial charge in [0.15, 0.2) is 0 Å². The van der Waals surface area contributed by atoms with Crippen molar-refractivity contribution in [1.82, 2.24) is 0 Å². The second kappa shape index (κ2) is 4.82. The van der Waals surface area contributed by atoms with Crippen LogP contribution in [-0.4, -0.2) is 18.9 Å². The lowest BCUT2D eigenvalue weighted by Crippen LogP contribution is -2.33. The highest BCUT2D eigenvalue weighted by Crippen LogP contribution is 2.57. The summed E-state index contributed by atoms with van der Waals surface area (Å²) in [5.41, 5.74) is 3.14. The quantitative estimate of drug-likeness (QED) is 0.623. The van der Waals surface area contributed by atoms with E-state index < -0.39 is 0 Å². The van der Waals surface area contributed by atoms with Crippen LogP contribution in [0.5, 0.6) is 5.75 Å². The lowest BCUT2D eigenvalue weighted by atomic mass is 9.85. The van der Waals surface area contributed by atoms with Gasteiger partial charge in [-0.1, -0.05) is 23.3 Å². The molecule has 1 aromatic carbocycles. The van der Waals surface area contributed by atoms with Crippen molar-refractivity contribution in [2.24, 2.45) is 23.7 Å². The van der Waals surface area contributed by atoms with Crippen molar-refractivity contribution in [3.05, 3.63) is 47.6 Å². The molecule has 0 unspecified atom stereocenters. The van der Waals surface area contributed by atoms with Gasteiger partial charge in [0.25, 0.3) is 0 Å². The number of anilines is 1. The molecule has 1 saturated heterocycles. The second-order valence-electron chi connectivity index (χ2n) is 6.65. The number of carbonyl (C=O) groups excluding carboxylic acids is 2. The summed E-state index contributed by atoms with van der Waals surface area (Å²) in [6, 6.07) is 7.09. The summed E-state index contributed by atoms with van der Waals surface area (Å²) in [7, 11) is 1.59. The van der Waals surface area contributed by atoms with Crippen molar-refractivity contribution in [2.45, 2.75) is 13.8 Å². The van der Waals surface area contributed by atoms with Gasteiger partial charge in [0.2, 0.25) is 11.8 Å². The predicted octanol–water partition coefficient (Wildman–Crippen LogP) is 2.95. The van der Waals surface area contributed by atoms with Gasteiger partial charge in [0.1, 0.15) is 5.75 Å². The highest BCUT2D eigenvalue weighted by Gasteiger charge is 2.61. The molecule has 4 rings (SSSR count). The van der Waals surface area contributed by atoms with Crippen LogP contribution in [0.4, 0.5) is 5.69 Å². The predicted molar refractivity (Wildman–Crippen MR) is 87.0 cm³/mol. The minimum atomic E-state index is -0.232. The van der Waals surface area contributed by atoms with Gasteiger partial charge in [-0.2, -0.15) is 0 Å². The normalized spacial score (nSPS) is 31.1. The number of fused-ring (bicyclic) bond motifs is 5. The Kier molecular flexibility index (Phi) is 2.98. The largest absolute Gasteiger partial charge is 0.497 e. The Labute approximate surface area is 135 Å². The molecule has 1 saturated carbocycles. The lowest BCUT2D eigenvalue weighted by molar-refractivity contribution is -0.122. The van der Waals surface area contributed by atoms with Crippen molar-refractivity contribution in [1.29, 1.82) is 0 Å². The van der Waals surface area contributed by atoms with E-state index >= 15 is 0 Å². The van der Waals surface area contributed by atoms with Gasteiger partial charge in [0, 0.05) is 11.8 Å². The summed E-state index contributed by atoms with van der Waals surface area (Å²) in [6.07, 6.45) is 4.22. The van der Waals surface area contributed by atoms with Gasteiger partial charge >= 0.3 is 0 Å². The molecule has 3 aliphatic rings. The number of allylic oxidation sites excluding steroid dienone is 4. The maximum Gasteiger partial charge on any atom is 0.238 e. The highest BCUT2D eigenvalue weighted by atomic mass is 16.5. The summed E-state index contributed by atoms with van der Waals surface area (Å²) < 4.78 is 5.14. The number of amides is 2. The van der Waals surface area contributed by atoms with Gasteiger partial charge in [-0.25, -0.2) is 4.90 Å². The molecule has 0 radical (unpaired) electrons. The van der Waals surface area contributed by atoms with Gasteiger partial charge in [-0.05, 0) is 38.1 Å². The summed E-state index contributed by atoms with van der Waals surface area (Å²) in [4.78, 5) is 27.2. The molecule has 2 bridgehead atoms. The number of hydrogen-bond donors (Lipinski definition) is 0.